The Balaban J connectivity index is 3.24. The highest BCUT2D eigenvalue weighted by molar-refractivity contribution is 7.80. The number of primary amides is 1. The van der Waals surface area contributed by atoms with Crippen molar-refractivity contribution < 1.29 is 14.7 Å². The molecule has 0 fully saturated rings. The Hall–Kier alpha value is -1.95. The van der Waals surface area contributed by atoms with Crippen LogP contribution in [0.1, 0.15) is 33.6 Å². The maximum absolute atomic E-state index is 11.8. The van der Waals surface area contributed by atoms with E-state index in [9.17, 15) is 14.7 Å². The Bertz CT molecular complexity index is 577. The molecule has 5 nitrogen and oxygen atoms in total. The summed E-state index contributed by atoms with van der Waals surface area (Å²) in [7, 11) is 0. The summed E-state index contributed by atoms with van der Waals surface area (Å²) in [5, 5.41) is 9.62. The molecule has 3 atom stereocenters. The maximum Gasteiger partial charge on any atom is 0.307 e. The van der Waals surface area contributed by atoms with E-state index in [1.165, 1.54) is 0 Å². The number of hydrogen-bond donors (Lipinski definition) is 2. The number of carboxylic acids is 1. The van der Waals surface area contributed by atoms with Gasteiger partial charge in [0.1, 0.15) is 0 Å². The van der Waals surface area contributed by atoms with Gasteiger partial charge < -0.3 is 15.7 Å². The lowest BCUT2D eigenvalue weighted by molar-refractivity contribution is -0.145. The van der Waals surface area contributed by atoms with Crippen LogP contribution < -0.4 is 10.6 Å². The van der Waals surface area contributed by atoms with Gasteiger partial charge in [0.2, 0.25) is 5.91 Å². The molecule has 0 saturated carbocycles. The number of aliphatic carboxylic acids is 1. The number of carbonyl (C=O) groups is 2. The third-order valence-corrected chi connectivity index (χ3v) is 4.86. The van der Waals surface area contributed by atoms with Crippen LogP contribution in [0.4, 0.5) is 5.69 Å². The Morgan fingerprint density at radius 2 is 1.83 bits per heavy atom. The minimum absolute atomic E-state index is 0.0238. The van der Waals surface area contributed by atoms with Crippen LogP contribution in [0.2, 0.25) is 0 Å². The van der Waals surface area contributed by atoms with Crippen molar-refractivity contribution >= 4 is 34.8 Å². The van der Waals surface area contributed by atoms with Crippen LogP contribution in [-0.2, 0) is 9.59 Å². The van der Waals surface area contributed by atoms with Gasteiger partial charge in [0.15, 0.2) is 0 Å². The minimum atomic E-state index is -1.04. The van der Waals surface area contributed by atoms with Gasteiger partial charge in [-0.05, 0) is 25.0 Å². The van der Waals surface area contributed by atoms with Gasteiger partial charge in [-0.1, -0.05) is 50.7 Å². The molecular formula is C18H26N2O3S. The van der Waals surface area contributed by atoms with Gasteiger partial charge in [0, 0.05) is 24.6 Å². The van der Waals surface area contributed by atoms with Crippen molar-refractivity contribution in [2.24, 2.45) is 23.5 Å². The predicted molar refractivity (Wildman–Crippen MR) is 99.9 cm³/mol. The second-order valence-corrected chi connectivity index (χ2v) is 6.36. The number of nitrogens with two attached hydrogens (primary N) is 1. The van der Waals surface area contributed by atoms with Crippen LogP contribution in [0.25, 0.3) is 0 Å². The van der Waals surface area contributed by atoms with Crippen molar-refractivity contribution in [2.45, 2.75) is 33.6 Å². The number of anilines is 1. The second kappa shape index (κ2) is 9.37. The predicted octanol–water partition coefficient (Wildman–Crippen LogP) is 3.08. The molecule has 0 saturated heterocycles. The van der Waals surface area contributed by atoms with E-state index in [-0.39, 0.29) is 12.3 Å². The molecule has 132 valence electrons. The first-order valence-electron chi connectivity index (χ1n) is 8.20. The highest BCUT2D eigenvalue weighted by Gasteiger charge is 2.37. The van der Waals surface area contributed by atoms with Crippen molar-refractivity contribution in [1.82, 2.24) is 0 Å². The zero-order valence-corrected chi connectivity index (χ0v) is 15.3. The molecule has 0 aliphatic rings. The maximum atomic E-state index is 11.8. The molecule has 0 bridgehead atoms. The Morgan fingerprint density at radius 3 is 2.25 bits per heavy atom. The number of rotatable bonds is 9. The number of hydrogen-bond acceptors (Lipinski definition) is 3. The molecule has 0 aromatic heterocycles. The van der Waals surface area contributed by atoms with Gasteiger partial charge in [0.25, 0.3) is 0 Å². The van der Waals surface area contributed by atoms with Crippen LogP contribution in [0.3, 0.4) is 0 Å². The van der Waals surface area contributed by atoms with E-state index in [2.05, 4.69) is 0 Å². The smallest absolute Gasteiger partial charge is 0.307 e. The van der Waals surface area contributed by atoms with Gasteiger partial charge in [0.05, 0.1) is 10.9 Å². The molecule has 1 aromatic rings. The summed E-state index contributed by atoms with van der Waals surface area (Å²) in [6.07, 6.45) is 0.552. The number of nitrogens with zero attached hydrogens (tertiary/aromatic N) is 1. The fourth-order valence-electron chi connectivity index (χ4n) is 2.90. The highest BCUT2D eigenvalue weighted by Crippen LogP contribution is 2.31. The van der Waals surface area contributed by atoms with Crippen LogP contribution in [0, 0.1) is 17.8 Å². The van der Waals surface area contributed by atoms with Gasteiger partial charge in [-0.25, -0.2) is 0 Å². The van der Waals surface area contributed by atoms with E-state index in [1.54, 1.807) is 0 Å². The lowest BCUT2D eigenvalue weighted by Gasteiger charge is -2.35. The lowest BCUT2D eigenvalue weighted by Crippen LogP contribution is -2.44. The summed E-state index contributed by atoms with van der Waals surface area (Å²) in [6.45, 7) is 6.55. The zero-order valence-electron chi connectivity index (χ0n) is 14.4. The average Bonchev–Trinajstić information content (AvgIpc) is 2.55. The molecule has 2 unspecified atom stereocenters. The zero-order chi connectivity index (χ0) is 18.3. The first-order valence-corrected chi connectivity index (χ1v) is 8.61. The molecule has 3 N–H and O–H groups in total. The third-order valence-electron chi connectivity index (χ3n) is 4.36. The van der Waals surface area contributed by atoms with Gasteiger partial charge in [-0.15, -0.1) is 0 Å². The first kappa shape index (κ1) is 20.1. The third kappa shape index (κ3) is 5.03. The fraction of sp³-hybridized carbons (Fsp3) is 0.500. The largest absolute Gasteiger partial charge is 0.481 e. The molecule has 0 radical (unpaired) electrons. The van der Waals surface area contributed by atoms with Crippen LogP contribution in [0.15, 0.2) is 30.3 Å². The second-order valence-electron chi connectivity index (χ2n) is 5.94. The van der Waals surface area contributed by atoms with E-state index in [1.807, 2.05) is 56.0 Å². The van der Waals surface area contributed by atoms with Crippen molar-refractivity contribution in [2.75, 3.05) is 11.4 Å². The summed E-state index contributed by atoms with van der Waals surface area (Å²) in [6, 6.07) is 9.62. The number of carbonyl (C=O) groups excluding carboxylic acids is 1. The average molecular weight is 350 g/mol. The van der Waals surface area contributed by atoms with Gasteiger partial charge in [-0.3, -0.25) is 9.59 Å². The summed E-state index contributed by atoms with van der Waals surface area (Å²) in [4.78, 5) is 25.6. The number of carboxylic acid groups (broad SMARTS) is 1. The molecule has 6 heteroatoms. The molecule has 1 rings (SSSR count). The van der Waals surface area contributed by atoms with Crippen LogP contribution in [0.5, 0.6) is 0 Å². The molecule has 0 aliphatic carbocycles. The van der Waals surface area contributed by atoms with E-state index >= 15 is 0 Å². The number of thiocarbonyl (C=S) groups is 1. The fourth-order valence-corrected chi connectivity index (χ4v) is 3.54. The summed E-state index contributed by atoms with van der Waals surface area (Å²) in [5.41, 5.74) is 6.19. The molecule has 1 aromatic carbocycles. The first-order chi connectivity index (χ1) is 11.3. The molecule has 0 aliphatic heterocycles. The van der Waals surface area contributed by atoms with Crippen molar-refractivity contribution in [3.8, 4) is 0 Å². The Labute approximate surface area is 148 Å². The Kier molecular flexibility index (Phi) is 7.85. The highest BCUT2D eigenvalue weighted by atomic mass is 32.1. The molecule has 0 heterocycles. The summed E-state index contributed by atoms with van der Waals surface area (Å²) >= 11 is 5.68. The van der Waals surface area contributed by atoms with Gasteiger partial charge >= 0.3 is 5.97 Å². The molecule has 1 amide bonds. The standard InChI is InChI=1S/C18H26N2O3S/c1-4-12(3)16(14(18(22)23)11-15(19)21)17(24)20(5-2)13-9-7-6-8-10-13/h6-10,12,14,16H,4-5,11H2,1-3H3,(H2,19,21)(H,22,23)/t12?,14?,16-/m0/s1. The van der Waals surface area contributed by atoms with E-state index < -0.39 is 23.7 Å². The minimum Gasteiger partial charge on any atom is -0.481 e. The normalized spacial score (nSPS) is 14.5. The molecule has 0 spiro atoms. The van der Waals surface area contributed by atoms with E-state index in [4.69, 9.17) is 18.0 Å². The molecule has 24 heavy (non-hydrogen) atoms. The molecular weight excluding hydrogens is 324 g/mol. The van der Waals surface area contributed by atoms with Gasteiger partial charge in [-0.2, -0.15) is 0 Å². The SMILES string of the molecule is CCC(C)[C@H](C(=S)N(CC)c1ccccc1)C(CC(N)=O)C(=O)O. The van der Waals surface area contributed by atoms with E-state index in [0.717, 1.165) is 12.1 Å². The topological polar surface area (TPSA) is 83.6 Å². The van der Waals surface area contributed by atoms with Crippen LogP contribution in [-0.4, -0.2) is 28.5 Å². The number of amides is 1. The number of benzene rings is 1. The van der Waals surface area contributed by atoms with E-state index in [0.29, 0.717) is 11.5 Å². The quantitative estimate of drug-likeness (QED) is 0.669. The van der Waals surface area contributed by atoms with Crippen LogP contribution >= 0.6 is 12.2 Å². The monoisotopic (exact) mass is 350 g/mol. The van der Waals surface area contributed by atoms with Crippen molar-refractivity contribution in [1.29, 1.82) is 0 Å². The summed E-state index contributed by atoms with van der Waals surface area (Å²) < 4.78 is 0. The summed E-state index contributed by atoms with van der Waals surface area (Å²) in [5.74, 6) is -2.99. The Morgan fingerprint density at radius 1 is 1.25 bits per heavy atom. The lowest BCUT2D eigenvalue weighted by atomic mass is 9.78. The number of para-hydroxylation sites is 1. The van der Waals surface area contributed by atoms with Crippen molar-refractivity contribution in [3.05, 3.63) is 30.3 Å². The van der Waals surface area contributed by atoms with Crippen molar-refractivity contribution in [3.63, 3.8) is 0 Å².